The number of fused-ring (bicyclic) bond motifs is 1. The van der Waals surface area contributed by atoms with Gasteiger partial charge in [0.1, 0.15) is 23.0 Å². The number of aromatic hydroxyl groups is 1. The lowest BCUT2D eigenvalue weighted by atomic mass is 9.92. The van der Waals surface area contributed by atoms with Crippen molar-refractivity contribution in [3.63, 3.8) is 0 Å². The highest BCUT2D eigenvalue weighted by molar-refractivity contribution is 5.75. The fourth-order valence-corrected chi connectivity index (χ4v) is 4.05. The minimum atomic E-state index is 0.0185. The van der Waals surface area contributed by atoms with E-state index in [0.717, 1.165) is 41.0 Å². The third-order valence-corrected chi connectivity index (χ3v) is 5.72. The summed E-state index contributed by atoms with van der Waals surface area (Å²) in [5.41, 5.74) is 7.01. The molecule has 180 valence electrons. The highest BCUT2D eigenvalue weighted by Crippen LogP contribution is 2.40. The Morgan fingerprint density at radius 2 is 1.68 bits per heavy atom. The molecule has 2 N–H and O–H groups in total. The van der Waals surface area contributed by atoms with Crippen molar-refractivity contribution >= 4 is 0 Å². The van der Waals surface area contributed by atoms with Crippen LogP contribution in [0.3, 0.4) is 0 Å². The molecule has 0 aromatic heterocycles. The molecule has 34 heavy (non-hydrogen) atoms. The van der Waals surface area contributed by atoms with Gasteiger partial charge in [-0.25, -0.2) is 0 Å². The molecule has 3 nitrogen and oxygen atoms in total. The largest absolute Gasteiger partial charge is 0.509 e. The molecule has 0 unspecified atom stereocenters. The van der Waals surface area contributed by atoms with Gasteiger partial charge in [-0.3, -0.25) is 0 Å². The molecule has 3 aromatic rings. The molecule has 0 fully saturated rings. The lowest BCUT2D eigenvalue weighted by molar-refractivity contribution is 0.435. The lowest BCUT2D eigenvalue weighted by Crippen LogP contribution is -1.96. The van der Waals surface area contributed by atoms with E-state index >= 15 is 0 Å². The van der Waals surface area contributed by atoms with E-state index in [4.69, 9.17) is 9.84 Å². The van der Waals surface area contributed by atoms with E-state index in [1.54, 1.807) is 6.07 Å². The first-order valence-electron chi connectivity index (χ1n) is 12.0. The van der Waals surface area contributed by atoms with E-state index in [9.17, 15) is 5.11 Å². The zero-order valence-corrected chi connectivity index (χ0v) is 21.2. The number of allylic oxidation sites excluding steroid dienone is 1. The second-order valence-corrected chi connectivity index (χ2v) is 8.42. The van der Waals surface area contributed by atoms with Gasteiger partial charge in [-0.15, -0.1) is 0 Å². The highest BCUT2D eigenvalue weighted by Gasteiger charge is 2.19. The summed E-state index contributed by atoms with van der Waals surface area (Å²) in [6.45, 7) is 16.8. The number of hydrogen-bond donors (Lipinski definition) is 2. The number of ether oxygens (including phenoxy) is 1. The molecule has 0 radical (unpaired) electrons. The van der Waals surface area contributed by atoms with Crippen LogP contribution in [0.1, 0.15) is 62.3 Å². The van der Waals surface area contributed by atoms with Crippen molar-refractivity contribution in [1.82, 2.24) is 0 Å². The number of aryl methyl sites for hydroxylation is 2. The number of hydrogen-bond acceptors (Lipinski definition) is 3. The van der Waals surface area contributed by atoms with E-state index in [1.165, 1.54) is 29.2 Å². The van der Waals surface area contributed by atoms with E-state index in [1.807, 2.05) is 38.1 Å². The molecule has 1 aliphatic rings. The molecular weight excluding hydrogens is 420 g/mol. The second kappa shape index (κ2) is 12.7. The van der Waals surface area contributed by atoms with Crippen LogP contribution in [-0.4, -0.2) is 10.2 Å². The van der Waals surface area contributed by atoms with Gasteiger partial charge in [0.05, 0.1) is 0 Å². The van der Waals surface area contributed by atoms with Gasteiger partial charge in [-0.1, -0.05) is 77.3 Å². The zero-order valence-electron chi connectivity index (χ0n) is 21.2. The Balaban J connectivity index is 0.000000520. The molecule has 0 saturated heterocycles. The lowest BCUT2D eigenvalue weighted by Gasteiger charge is -2.17. The predicted molar refractivity (Wildman–Crippen MR) is 144 cm³/mol. The Kier molecular flexibility index (Phi) is 10.0. The molecule has 0 heterocycles. The molecule has 3 heteroatoms. The topological polar surface area (TPSA) is 49.7 Å². The average molecular weight is 459 g/mol. The number of aliphatic hydroxyl groups excluding tert-OH is 1. The summed E-state index contributed by atoms with van der Waals surface area (Å²) in [5.74, 6) is 2.43. The third-order valence-electron chi connectivity index (χ3n) is 5.72. The SMILES string of the molecule is C=CC(=C)O.CC.Cc1ccc2c(c1Oc1ccc(O)c(-c3ccccc3C(C)C)c1)CCC2. The molecule has 0 aliphatic heterocycles. The standard InChI is InChI=1S/C25H26O2.C4H6O.C2H6/c1-16(2)20-8-4-5-9-22(20)23-15-19(13-14-24(23)26)27-25-17(3)11-12-18-7-6-10-21(18)25;1-3-4(2)5;1-2/h4-5,8-9,11-16,26H,6-7,10H2,1-3H3;3,5H,1-2H2;1-2H3. The molecule has 0 spiro atoms. The first kappa shape index (κ1) is 26.8. The van der Waals surface area contributed by atoms with Crippen molar-refractivity contribution in [3.8, 4) is 28.4 Å². The number of benzene rings is 3. The van der Waals surface area contributed by atoms with Crippen LogP contribution in [0.5, 0.6) is 17.2 Å². The van der Waals surface area contributed by atoms with Gasteiger partial charge in [-0.2, -0.15) is 0 Å². The summed E-state index contributed by atoms with van der Waals surface area (Å²) in [7, 11) is 0. The summed E-state index contributed by atoms with van der Waals surface area (Å²) in [4.78, 5) is 0. The Hall–Kier alpha value is -3.46. The van der Waals surface area contributed by atoms with Crippen molar-refractivity contribution in [2.45, 2.75) is 59.8 Å². The number of rotatable bonds is 5. The maximum atomic E-state index is 10.5. The highest BCUT2D eigenvalue weighted by atomic mass is 16.5. The van der Waals surface area contributed by atoms with E-state index < -0.39 is 0 Å². The molecule has 0 saturated carbocycles. The van der Waals surface area contributed by atoms with Crippen LogP contribution in [0.2, 0.25) is 0 Å². The molecule has 0 amide bonds. The number of phenols is 1. The Bertz CT molecular complexity index is 1130. The monoisotopic (exact) mass is 458 g/mol. The van der Waals surface area contributed by atoms with Crippen molar-refractivity contribution in [2.24, 2.45) is 0 Å². The van der Waals surface area contributed by atoms with E-state index in [2.05, 4.69) is 58.2 Å². The van der Waals surface area contributed by atoms with Crippen molar-refractivity contribution in [1.29, 1.82) is 0 Å². The normalized spacial score (nSPS) is 11.5. The Morgan fingerprint density at radius 1 is 1.00 bits per heavy atom. The maximum absolute atomic E-state index is 10.5. The molecular formula is C31H38O3. The van der Waals surface area contributed by atoms with Gasteiger partial charge in [0.25, 0.3) is 0 Å². The minimum Gasteiger partial charge on any atom is -0.509 e. The molecule has 1 aliphatic carbocycles. The zero-order chi connectivity index (χ0) is 25.3. The van der Waals surface area contributed by atoms with Crippen LogP contribution < -0.4 is 4.74 Å². The van der Waals surface area contributed by atoms with Gasteiger partial charge >= 0.3 is 0 Å². The van der Waals surface area contributed by atoms with Crippen molar-refractivity contribution in [3.05, 3.63) is 102 Å². The quantitative estimate of drug-likeness (QED) is 0.296. The summed E-state index contributed by atoms with van der Waals surface area (Å²) in [6, 6.07) is 18.2. The summed E-state index contributed by atoms with van der Waals surface area (Å²) < 4.78 is 6.36. The average Bonchev–Trinajstić information content (AvgIpc) is 3.33. The van der Waals surface area contributed by atoms with Crippen molar-refractivity contribution in [2.75, 3.05) is 0 Å². The van der Waals surface area contributed by atoms with Gasteiger partial charge in [0, 0.05) is 5.56 Å². The molecule has 0 atom stereocenters. The number of aliphatic hydroxyl groups is 1. The summed E-state index contributed by atoms with van der Waals surface area (Å²) in [5, 5.41) is 18.6. The number of phenolic OH excluding ortho intramolecular Hbond substituents is 1. The molecule has 4 rings (SSSR count). The smallest absolute Gasteiger partial charge is 0.133 e. The maximum Gasteiger partial charge on any atom is 0.133 e. The van der Waals surface area contributed by atoms with Gasteiger partial charge in [-0.05, 0) is 84.2 Å². The van der Waals surface area contributed by atoms with Crippen LogP contribution in [0.25, 0.3) is 11.1 Å². The Labute approximate surface area is 205 Å². The van der Waals surface area contributed by atoms with Crippen LogP contribution >= 0.6 is 0 Å². The molecule has 0 bridgehead atoms. The van der Waals surface area contributed by atoms with Gasteiger partial charge in [0.15, 0.2) is 0 Å². The van der Waals surface area contributed by atoms with Crippen LogP contribution in [0.4, 0.5) is 0 Å². The summed E-state index contributed by atoms with van der Waals surface area (Å²) in [6.07, 6.45) is 4.68. The molecule has 3 aromatic carbocycles. The van der Waals surface area contributed by atoms with Crippen LogP contribution in [-0.2, 0) is 12.8 Å². The predicted octanol–water partition coefficient (Wildman–Crippen LogP) is 9.04. The van der Waals surface area contributed by atoms with Gasteiger partial charge in [0.2, 0.25) is 0 Å². The third kappa shape index (κ3) is 6.54. The summed E-state index contributed by atoms with van der Waals surface area (Å²) >= 11 is 0. The van der Waals surface area contributed by atoms with Crippen molar-refractivity contribution < 1.29 is 14.9 Å². The first-order chi connectivity index (χ1) is 16.3. The fraction of sp³-hybridized carbons (Fsp3) is 0.290. The van der Waals surface area contributed by atoms with E-state index in [-0.39, 0.29) is 11.5 Å². The van der Waals surface area contributed by atoms with Crippen LogP contribution in [0.15, 0.2) is 79.6 Å². The van der Waals surface area contributed by atoms with Gasteiger partial charge < -0.3 is 14.9 Å². The van der Waals surface area contributed by atoms with Crippen LogP contribution in [0, 0.1) is 6.92 Å². The van der Waals surface area contributed by atoms with E-state index in [0.29, 0.717) is 5.92 Å². The fourth-order valence-electron chi connectivity index (χ4n) is 4.05. The minimum absolute atomic E-state index is 0.0185. The second-order valence-electron chi connectivity index (χ2n) is 8.42. The first-order valence-corrected chi connectivity index (χ1v) is 12.0. The Morgan fingerprint density at radius 3 is 2.32 bits per heavy atom.